The number of aliphatic imine (C=N–C) groups is 1. The number of rotatable bonds is 29. The number of nitrogens with zero attached hydrogens (tertiary/aromatic N) is 5. The van der Waals surface area contributed by atoms with E-state index in [1.54, 1.807) is 30.3 Å². The summed E-state index contributed by atoms with van der Waals surface area (Å²) in [5.74, 6) is -0.590. The molecule has 3 unspecified atom stereocenters. The van der Waals surface area contributed by atoms with Crippen LogP contribution in [0.3, 0.4) is 0 Å². The molecule has 0 amide bonds. The molecule has 0 bridgehead atoms. The SMILES string of the molecule is CCCCCCCCCCCCCCCCCCOC[C@H](COP(=O)(O)OC[C@@]1(C)O[C@@H](C2C(C)C=C3C(N)=NC=NN32)[C@@H]2OC(C)(C)O[C@@H]21)OCc1ccc(C#N)nc1. The zero-order valence-electron chi connectivity index (χ0n) is 36.7. The molecule has 0 aliphatic carbocycles. The summed E-state index contributed by atoms with van der Waals surface area (Å²) in [6, 6.07) is 5.08. The molecule has 0 saturated carbocycles. The van der Waals surface area contributed by atoms with Crippen molar-refractivity contribution < 1.29 is 42.2 Å². The van der Waals surface area contributed by atoms with E-state index in [0.29, 0.717) is 23.8 Å². The Morgan fingerprint density at radius 3 is 2.18 bits per heavy atom. The number of phosphoric ester groups is 1. The van der Waals surface area contributed by atoms with E-state index in [1.807, 2.05) is 32.9 Å². The predicted octanol–water partition coefficient (Wildman–Crippen LogP) is 8.45. The highest BCUT2D eigenvalue weighted by Gasteiger charge is 2.64. The Morgan fingerprint density at radius 1 is 0.917 bits per heavy atom. The van der Waals surface area contributed by atoms with Crippen LogP contribution in [0.15, 0.2) is 40.2 Å². The van der Waals surface area contributed by atoms with Crippen molar-refractivity contribution in [3.63, 3.8) is 0 Å². The van der Waals surface area contributed by atoms with Gasteiger partial charge in [0.15, 0.2) is 11.6 Å². The minimum Gasteiger partial charge on any atom is -0.382 e. The Kier molecular flexibility index (Phi) is 19.0. The van der Waals surface area contributed by atoms with Crippen molar-refractivity contribution in [1.82, 2.24) is 9.99 Å². The summed E-state index contributed by atoms with van der Waals surface area (Å²) < 4.78 is 56.0. The number of ether oxygens (including phenoxy) is 5. The van der Waals surface area contributed by atoms with Gasteiger partial charge in [0.2, 0.25) is 0 Å². The fourth-order valence-corrected chi connectivity index (χ4v) is 9.30. The van der Waals surface area contributed by atoms with Crippen molar-refractivity contribution in [3.8, 4) is 6.07 Å². The quantitative estimate of drug-likeness (QED) is 0.0577. The van der Waals surface area contributed by atoms with Crippen LogP contribution >= 0.6 is 7.82 Å². The summed E-state index contributed by atoms with van der Waals surface area (Å²) in [5.41, 5.74) is 6.73. The van der Waals surface area contributed by atoms with Crippen molar-refractivity contribution in [2.45, 2.75) is 186 Å². The maximum atomic E-state index is 13.4. The molecule has 8 atom stereocenters. The second-order valence-electron chi connectivity index (χ2n) is 17.4. The van der Waals surface area contributed by atoms with E-state index in [1.165, 1.54) is 96.2 Å². The highest BCUT2D eigenvalue weighted by molar-refractivity contribution is 7.47. The minimum absolute atomic E-state index is 0.0271. The zero-order valence-corrected chi connectivity index (χ0v) is 37.6. The van der Waals surface area contributed by atoms with Crippen molar-refractivity contribution in [3.05, 3.63) is 41.4 Å². The minimum atomic E-state index is -4.62. The summed E-state index contributed by atoms with van der Waals surface area (Å²) in [7, 11) is -4.62. The molecule has 3 N–H and O–H groups in total. The summed E-state index contributed by atoms with van der Waals surface area (Å²) in [5, 5.41) is 15.4. The molecule has 1 aromatic rings. The van der Waals surface area contributed by atoms with Crippen LogP contribution in [-0.4, -0.2) is 95.3 Å². The number of phosphoric acid groups is 1. The Labute approximate surface area is 358 Å². The van der Waals surface area contributed by atoms with Gasteiger partial charge in [0, 0.05) is 18.7 Å². The van der Waals surface area contributed by atoms with Crippen molar-refractivity contribution in [2.24, 2.45) is 21.7 Å². The number of pyridine rings is 1. The second kappa shape index (κ2) is 23.6. The van der Waals surface area contributed by atoms with Crippen LogP contribution in [-0.2, 0) is 43.9 Å². The van der Waals surface area contributed by atoms with E-state index in [-0.39, 0.29) is 38.4 Å². The molecule has 0 radical (unpaired) electrons. The third-order valence-electron chi connectivity index (χ3n) is 11.7. The molecule has 15 nitrogen and oxygen atoms in total. The lowest BCUT2D eigenvalue weighted by molar-refractivity contribution is -0.217. The first-order chi connectivity index (χ1) is 28.8. The smallest absolute Gasteiger partial charge is 0.382 e. The second-order valence-corrected chi connectivity index (χ2v) is 18.9. The molecule has 16 heteroatoms. The van der Waals surface area contributed by atoms with Gasteiger partial charge in [-0.3, -0.25) is 14.1 Å². The van der Waals surface area contributed by atoms with Gasteiger partial charge in [0.25, 0.3) is 0 Å². The Hall–Kier alpha value is -2.77. The molecule has 0 spiro atoms. The first-order valence-electron chi connectivity index (χ1n) is 22.4. The van der Waals surface area contributed by atoms with Crippen LogP contribution in [0.2, 0.25) is 0 Å². The number of fused-ring (bicyclic) bond motifs is 2. The number of aromatic nitrogens is 1. The van der Waals surface area contributed by atoms with E-state index in [9.17, 15) is 9.46 Å². The molecule has 1 aromatic heterocycles. The maximum absolute atomic E-state index is 13.4. The highest BCUT2D eigenvalue weighted by atomic mass is 31.2. The molecule has 4 aliphatic heterocycles. The van der Waals surface area contributed by atoms with Crippen LogP contribution in [0.4, 0.5) is 0 Å². The molecule has 60 heavy (non-hydrogen) atoms. The number of unbranched alkanes of at least 4 members (excludes halogenated alkanes) is 15. The van der Waals surface area contributed by atoms with Gasteiger partial charge in [-0.15, -0.1) is 0 Å². The molecule has 0 aromatic carbocycles. The van der Waals surface area contributed by atoms with Crippen LogP contribution in [0.5, 0.6) is 0 Å². The van der Waals surface area contributed by atoms with Crippen molar-refractivity contribution in [2.75, 3.05) is 26.4 Å². The van der Waals surface area contributed by atoms with Crippen molar-refractivity contribution in [1.29, 1.82) is 5.26 Å². The summed E-state index contributed by atoms with van der Waals surface area (Å²) in [6.45, 7) is 10.00. The molecule has 2 fully saturated rings. The topological polar surface area (TPSA) is 193 Å². The first-order valence-corrected chi connectivity index (χ1v) is 23.9. The van der Waals surface area contributed by atoms with Crippen molar-refractivity contribution >= 4 is 20.0 Å². The van der Waals surface area contributed by atoms with Gasteiger partial charge >= 0.3 is 7.82 Å². The zero-order chi connectivity index (χ0) is 43.0. The average molecular weight is 859 g/mol. The third-order valence-corrected chi connectivity index (χ3v) is 12.7. The normalized spacial score (nSPS) is 26.9. The van der Waals surface area contributed by atoms with Crippen LogP contribution in [0.25, 0.3) is 0 Å². The average Bonchev–Trinajstić information content (AvgIpc) is 3.83. The Morgan fingerprint density at radius 2 is 1.57 bits per heavy atom. The Bertz CT molecular complexity index is 1650. The number of hydrogen-bond donors (Lipinski definition) is 2. The lowest BCUT2D eigenvalue weighted by Gasteiger charge is -2.36. The number of hydrogen-bond acceptors (Lipinski definition) is 14. The van der Waals surface area contributed by atoms with E-state index >= 15 is 0 Å². The summed E-state index contributed by atoms with van der Waals surface area (Å²) in [6.07, 6.45) is 23.3. The lowest BCUT2D eigenvalue weighted by Crippen LogP contribution is -2.48. The first kappa shape index (κ1) is 48.3. The van der Waals surface area contributed by atoms with E-state index in [4.69, 9.17) is 43.7 Å². The summed E-state index contributed by atoms with van der Waals surface area (Å²) in [4.78, 5) is 19.2. The van der Waals surface area contributed by atoms with Gasteiger partial charge in [-0.1, -0.05) is 122 Å². The van der Waals surface area contributed by atoms with Gasteiger partial charge in [-0.2, -0.15) is 10.4 Å². The number of amidine groups is 1. The monoisotopic (exact) mass is 859 g/mol. The summed E-state index contributed by atoms with van der Waals surface area (Å²) >= 11 is 0. The standard InChI is InChI=1S/C44H71N6O9P/c1-6-7-8-9-10-11-12-13-14-15-16-17-18-19-20-21-24-53-29-36(54-28-34-22-23-35(26-45)47-27-34)30-55-60(51,52)56-31-44(5)41-40(57-43(3,4)59-41)39(58-44)38-33(2)25-37-42(46)48-32-49-50(37)38/h22-23,25,27,32-33,36,38-41H,6-21,24,28-31H2,1-5H3,(H,51,52)(H2,46,48,49)/t33?,36-,38?,39+,40+,41+,44-/m1/s1. The van der Waals surface area contributed by atoms with Gasteiger partial charge in [0.1, 0.15) is 48.1 Å². The van der Waals surface area contributed by atoms with Crippen LogP contribution in [0.1, 0.15) is 149 Å². The number of hydrazone groups is 1. The molecule has 4 aliphatic rings. The Balaban J connectivity index is 1.05. The molecular formula is C44H71N6O9P. The molecule has 2 saturated heterocycles. The van der Waals surface area contributed by atoms with Gasteiger partial charge < -0.3 is 34.3 Å². The highest BCUT2D eigenvalue weighted by Crippen LogP contribution is 2.51. The fraction of sp³-hybridized carbons (Fsp3) is 0.773. The third kappa shape index (κ3) is 14.4. The molecule has 5 rings (SSSR count). The largest absolute Gasteiger partial charge is 0.472 e. The molecule has 5 heterocycles. The van der Waals surface area contributed by atoms with E-state index in [2.05, 4.69) is 22.0 Å². The predicted molar refractivity (Wildman–Crippen MR) is 230 cm³/mol. The number of nitrogens with two attached hydrogens (primary N) is 1. The number of nitriles is 1. The van der Waals surface area contributed by atoms with Crippen LogP contribution < -0.4 is 5.73 Å². The van der Waals surface area contributed by atoms with Gasteiger partial charge in [-0.05, 0) is 38.8 Å². The molecular weight excluding hydrogens is 787 g/mol. The lowest BCUT2D eigenvalue weighted by atomic mass is 9.92. The van der Waals surface area contributed by atoms with Gasteiger partial charge in [-0.25, -0.2) is 14.5 Å². The van der Waals surface area contributed by atoms with E-state index in [0.717, 1.165) is 18.4 Å². The fourth-order valence-electron chi connectivity index (χ4n) is 8.45. The van der Waals surface area contributed by atoms with E-state index < -0.39 is 43.6 Å². The van der Waals surface area contributed by atoms with Crippen LogP contribution in [0, 0.1) is 17.2 Å². The van der Waals surface area contributed by atoms with Gasteiger partial charge in [0.05, 0.1) is 38.2 Å². The molecule has 336 valence electrons. The maximum Gasteiger partial charge on any atom is 0.472 e.